The number of ether oxygens (including phenoxy) is 2. The van der Waals surface area contributed by atoms with Crippen LogP contribution in [0.25, 0.3) is 22.6 Å². The molecule has 0 N–H and O–H groups in total. The van der Waals surface area contributed by atoms with Gasteiger partial charge in [0.2, 0.25) is 0 Å². The number of nitrogens with zero attached hydrogens (tertiary/aromatic N) is 6. The van der Waals surface area contributed by atoms with E-state index in [1.165, 1.54) is 12.1 Å². The first kappa shape index (κ1) is 21.9. The quantitative estimate of drug-likeness (QED) is 0.589. The maximum atomic E-state index is 13.1. The number of hydrogen-bond donors (Lipinski definition) is 0. The van der Waals surface area contributed by atoms with E-state index in [4.69, 9.17) is 9.72 Å². The molecule has 2 aliphatic heterocycles. The van der Waals surface area contributed by atoms with Gasteiger partial charge in [-0.2, -0.15) is 0 Å². The second kappa shape index (κ2) is 8.45. The second-order valence-corrected chi connectivity index (χ2v) is 8.42. The number of aryl methyl sites for hydroxylation is 1. The van der Waals surface area contributed by atoms with Crippen molar-refractivity contribution in [1.29, 1.82) is 0 Å². The van der Waals surface area contributed by atoms with Crippen molar-refractivity contribution in [1.82, 2.24) is 24.4 Å². The Balaban J connectivity index is 1.71. The molecule has 1 aromatic carbocycles. The lowest BCUT2D eigenvalue weighted by atomic mass is 10.1. The number of benzene rings is 1. The van der Waals surface area contributed by atoms with Crippen molar-refractivity contribution in [3.05, 3.63) is 30.1 Å². The molecule has 8 nitrogen and oxygen atoms in total. The van der Waals surface area contributed by atoms with Crippen LogP contribution in [0, 0.1) is 6.92 Å². The predicted octanol–water partition coefficient (Wildman–Crippen LogP) is 3.41. The van der Waals surface area contributed by atoms with Crippen LogP contribution in [0.15, 0.2) is 24.3 Å². The van der Waals surface area contributed by atoms with Gasteiger partial charge in [-0.3, -0.25) is 0 Å². The average Bonchev–Trinajstić information content (AvgIpc) is 3.40. The topological polar surface area (TPSA) is 68.5 Å². The van der Waals surface area contributed by atoms with E-state index < -0.39 is 6.36 Å². The van der Waals surface area contributed by atoms with Crippen LogP contribution in [0.5, 0.6) is 5.75 Å². The lowest BCUT2D eigenvalue weighted by molar-refractivity contribution is -0.274. The standard InChI is InChI=1S/C22H25F3N6O2/c1-14-26-20(30-10-8-29(2)9-11-30)18-21(27-14)31(15-7-12-32-13-15)19(28-18)16-5-3-4-6-17(16)33-22(23,24)25/h3-6,15H,7-13H2,1-2H3/t15-/m1/s1. The number of para-hydroxylation sites is 1. The number of rotatable bonds is 4. The molecule has 2 aliphatic rings. The Kier molecular flexibility index (Phi) is 5.61. The van der Waals surface area contributed by atoms with Crippen molar-refractivity contribution in [3.8, 4) is 17.1 Å². The minimum absolute atomic E-state index is 0.0985. The van der Waals surface area contributed by atoms with E-state index in [0.29, 0.717) is 48.3 Å². The van der Waals surface area contributed by atoms with E-state index in [-0.39, 0.29) is 17.4 Å². The normalized spacial score (nSPS) is 20.0. The van der Waals surface area contributed by atoms with Gasteiger partial charge in [-0.1, -0.05) is 12.1 Å². The molecule has 33 heavy (non-hydrogen) atoms. The molecule has 1 atom stereocenters. The van der Waals surface area contributed by atoms with Gasteiger partial charge in [0.15, 0.2) is 17.0 Å². The molecule has 11 heteroatoms. The SMILES string of the molecule is Cc1nc(N2CCN(C)CC2)c2nc(-c3ccccc3OC(F)(F)F)n([C@@H]3CCOC3)c2n1. The van der Waals surface area contributed by atoms with Crippen LogP contribution in [-0.4, -0.2) is 77.2 Å². The number of imidazole rings is 1. The summed E-state index contributed by atoms with van der Waals surface area (Å²) in [5, 5.41) is 0. The van der Waals surface area contributed by atoms with Gasteiger partial charge in [0.05, 0.1) is 18.2 Å². The fraction of sp³-hybridized carbons (Fsp3) is 0.500. The molecule has 0 aliphatic carbocycles. The number of alkyl halides is 3. The van der Waals surface area contributed by atoms with Crippen molar-refractivity contribution in [2.24, 2.45) is 0 Å². The lowest BCUT2D eigenvalue weighted by Crippen LogP contribution is -2.45. The van der Waals surface area contributed by atoms with Gasteiger partial charge >= 0.3 is 6.36 Å². The molecular weight excluding hydrogens is 437 g/mol. The third-order valence-electron chi connectivity index (χ3n) is 6.06. The molecule has 4 heterocycles. The molecule has 0 saturated carbocycles. The smallest absolute Gasteiger partial charge is 0.405 e. The fourth-order valence-electron chi connectivity index (χ4n) is 4.43. The van der Waals surface area contributed by atoms with Gasteiger partial charge in [-0.15, -0.1) is 13.2 Å². The van der Waals surface area contributed by atoms with E-state index in [0.717, 1.165) is 26.2 Å². The van der Waals surface area contributed by atoms with Gasteiger partial charge < -0.3 is 23.8 Å². The Hall–Kier alpha value is -2.92. The third kappa shape index (κ3) is 4.34. The maximum Gasteiger partial charge on any atom is 0.573 e. The highest BCUT2D eigenvalue weighted by molar-refractivity contribution is 5.88. The Morgan fingerprint density at radius 2 is 1.82 bits per heavy atom. The number of likely N-dealkylation sites (N-methyl/N-ethyl adjacent to an activating group) is 1. The number of fused-ring (bicyclic) bond motifs is 1. The Morgan fingerprint density at radius 1 is 1.06 bits per heavy atom. The summed E-state index contributed by atoms with van der Waals surface area (Å²) in [6, 6.07) is 5.97. The Bertz CT molecular complexity index is 1150. The summed E-state index contributed by atoms with van der Waals surface area (Å²) in [5.41, 5.74) is 1.43. The van der Waals surface area contributed by atoms with Crippen LogP contribution >= 0.6 is 0 Å². The van der Waals surface area contributed by atoms with Crippen LogP contribution in [0.4, 0.5) is 19.0 Å². The zero-order valence-electron chi connectivity index (χ0n) is 18.5. The van der Waals surface area contributed by atoms with Crippen LogP contribution in [0.1, 0.15) is 18.3 Å². The molecule has 2 aromatic heterocycles. The molecule has 0 unspecified atom stereocenters. The average molecular weight is 462 g/mol. The second-order valence-electron chi connectivity index (χ2n) is 8.42. The highest BCUT2D eigenvalue weighted by atomic mass is 19.4. The summed E-state index contributed by atoms with van der Waals surface area (Å²) < 4.78 is 51.2. The van der Waals surface area contributed by atoms with Crippen molar-refractivity contribution >= 4 is 17.0 Å². The summed E-state index contributed by atoms with van der Waals surface area (Å²) in [4.78, 5) is 18.6. The highest BCUT2D eigenvalue weighted by Gasteiger charge is 2.34. The van der Waals surface area contributed by atoms with Crippen LogP contribution in [-0.2, 0) is 4.74 Å². The first-order valence-electron chi connectivity index (χ1n) is 10.9. The molecule has 2 saturated heterocycles. The molecule has 176 valence electrons. The minimum Gasteiger partial charge on any atom is -0.405 e. The van der Waals surface area contributed by atoms with Crippen LogP contribution in [0.2, 0.25) is 0 Å². The summed E-state index contributed by atoms with van der Waals surface area (Å²) >= 11 is 0. The van der Waals surface area contributed by atoms with Crippen molar-refractivity contribution in [2.75, 3.05) is 51.3 Å². The number of piperazine rings is 1. The van der Waals surface area contributed by atoms with Crippen molar-refractivity contribution < 1.29 is 22.6 Å². The number of aromatic nitrogens is 4. The van der Waals surface area contributed by atoms with Crippen LogP contribution < -0.4 is 9.64 Å². The van der Waals surface area contributed by atoms with Gasteiger partial charge in [-0.05, 0) is 32.5 Å². The largest absolute Gasteiger partial charge is 0.573 e. The molecule has 3 aromatic rings. The number of hydrogen-bond acceptors (Lipinski definition) is 7. The monoisotopic (exact) mass is 462 g/mol. The van der Waals surface area contributed by atoms with Crippen LogP contribution in [0.3, 0.4) is 0 Å². The zero-order chi connectivity index (χ0) is 23.2. The number of halogens is 3. The summed E-state index contributed by atoms with van der Waals surface area (Å²) in [7, 11) is 2.07. The molecule has 5 rings (SSSR count). The summed E-state index contributed by atoms with van der Waals surface area (Å²) in [6.45, 7) is 6.16. The Labute approximate surface area is 188 Å². The zero-order valence-corrected chi connectivity index (χ0v) is 18.5. The molecule has 0 amide bonds. The molecule has 0 radical (unpaired) electrons. The number of anilines is 1. The fourth-order valence-corrected chi connectivity index (χ4v) is 4.43. The van der Waals surface area contributed by atoms with Gasteiger partial charge in [0, 0.05) is 32.8 Å². The third-order valence-corrected chi connectivity index (χ3v) is 6.06. The van der Waals surface area contributed by atoms with Crippen molar-refractivity contribution in [2.45, 2.75) is 25.7 Å². The minimum atomic E-state index is -4.81. The van der Waals surface area contributed by atoms with E-state index in [1.54, 1.807) is 12.1 Å². The summed E-state index contributed by atoms with van der Waals surface area (Å²) in [6.07, 6.45) is -4.10. The first-order chi connectivity index (χ1) is 15.8. The summed E-state index contributed by atoms with van der Waals surface area (Å²) in [5.74, 6) is 1.36. The molecule has 0 spiro atoms. The predicted molar refractivity (Wildman–Crippen MR) is 116 cm³/mol. The van der Waals surface area contributed by atoms with Crippen molar-refractivity contribution in [3.63, 3.8) is 0 Å². The maximum absolute atomic E-state index is 13.1. The Morgan fingerprint density at radius 3 is 2.52 bits per heavy atom. The van der Waals surface area contributed by atoms with E-state index in [9.17, 15) is 13.2 Å². The van der Waals surface area contributed by atoms with Gasteiger partial charge in [0.25, 0.3) is 0 Å². The van der Waals surface area contributed by atoms with E-state index >= 15 is 0 Å². The van der Waals surface area contributed by atoms with Gasteiger partial charge in [0.1, 0.15) is 17.4 Å². The molecule has 0 bridgehead atoms. The highest BCUT2D eigenvalue weighted by Crippen LogP contribution is 2.39. The first-order valence-corrected chi connectivity index (χ1v) is 10.9. The lowest BCUT2D eigenvalue weighted by Gasteiger charge is -2.33. The van der Waals surface area contributed by atoms with Gasteiger partial charge in [-0.25, -0.2) is 15.0 Å². The molecule has 2 fully saturated rings. The molecular formula is C22H25F3N6O2. The van der Waals surface area contributed by atoms with E-state index in [1.807, 2.05) is 11.5 Å². The van der Waals surface area contributed by atoms with E-state index in [2.05, 4.69) is 31.6 Å².